The van der Waals surface area contributed by atoms with Gasteiger partial charge in [-0.2, -0.15) is 0 Å². The molecule has 0 aliphatic carbocycles. The third-order valence-electron chi connectivity index (χ3n) is 5.22. The summed E-state index contributed by atoms with van der Waals surface area (Å²) in [5, 5.41) is 21.8. The lowest BCUT2D eigenvalue weighted by Crippen LogP contribution is -2.12. The molecule has 0 amide bonds. The molecular weight excluding hydrogens is 392 g/mol. The molecule has 0 bridgehead atoms. The van der Waals surface area contributed by atoms with Crippen LogP contribution in [0.1, 0.15) is 81.5 Å². The topological polar surface area (TPSA) is 125 Å². The van der Waals surface area contributed by atoms with Crippen LogP contribution >= 0.6 is 0 Å². The predicted molar refractivity (Wildman–Crippen MR) is 111 cm³/mol. The number of epoxide rings is 1. The van der Waals surface area contributed by atoms with Crippen LogP contribution in [0.4, 0.5) is 11.4 Å². The number of carbonyl (C=O) groups excluding carboxylic acids is 1. The van der Waals surface area contributed by atoms with Crippen molar-refractivity contribution in [3.8, 4) is 0 Å². The molecule has 0 N–H and O–H groups in total. The van der Waals surface area contributed by atoms with Crippen LogP contribution in [0.25, 0.3) is 0 Å². The highest BCUT2D eigenvalue weighted by Crippen LogP contribution is 2.29. The van der Waals surface area contributed by atoms with Crippen molar-refractivity contribution < 1.29 is 24.1 Å². The summed E-state index contributed by atoms with van der Waals surface area (Å²) in [5.74, 6) is -0.834. The van der Waals surface area contributed by atoms with Crippen LogP contribution in [-0.2, 0) is 9.47 Å². The normalized spacial score (nSPS) is 17.5. The standard InChI is InChI=1S/C21H30N2O7/c1-2-3-4-5-6-7-8-9-10-11-19-20(30-19)15-29-21(24)16-12-17(22(25)26)14-18(13-16)23(27)28/h12-14,19-20H,2-11,15H2,1H3/t19-,20+/m1/s1. The maximum atomic E-state index is 12.1. The van der Waals surface area contributed by atoms with Gasteiger partial charge in [-0.15, -0.1) is 0 Å². The van der Waals surface area contributed by atoms with E-state index in [0.29, 0.717) is 0 Å². The number of nitro benzene ring substituents is 2. The Balaban J connectivity index is 1.64. The Kier molecular flexibility index (Phi) is 9.66. The third kappa shape index (κ3) is 8.06. The van der Waals surface area contributed by atoms with Crippen LogP contribution in [0.15, 0.2) is 18.2 Å². The fourth-order valence-electron chi connectivity index (χ4n) is 3.40. The molecule has 0 saturated carbocycles. The molecule has 166 valence electrons. The van der Waals surface area contributed by atoms with Crippen molar-refractivity contribution in [2.45, 2.75) is 83.3 Å². The summed E-state index contributed by atoms with van der Waals surface area (Å²) < 4.78 is 10.6. The Morgan fingerprint density at radius 3 is 1.97 bits per heavy atom. The molecule has 1 aromatic carbocycles. The van der Waals surface area contributed by atoms with Gasteiger partial charge in [0.15, 0.2) is 0 Å². The zero-order valence-corrected chi connectivity index (χ0v) is 17.4. The number of nitrogens with zero attached hydrogens (tertiary/aromatic N) is 2. The van der Waals surface area contributed by atoms with E-state index in [0.717, 1.165) is 37.5 Å². The minimum atomic E-state index is -0.834. The van der Waals surface area contributed by atoms with Crippen LogP contribution in [0.3, 0.4) is 0 Å². The predicted octanol–water partition coefficient (Wildman–Crippen LogP) is 5.35. The van der Waals surface area contributed by atoms with Gasteiger partial charge in [0.2, 0.25) is 0 Å². The number of ether oxygens (including phenoxy) is 2. The first-order chi connectivity index (χ1) is 14.4. The minimum absolute atomic E-state index is 0.0391. The monoisotopic (exact) mass is 422 g/mol. The second-order valence-corrected chi connectivity index (χ2v) is 7.68. The molecule has 9 heteroatoms. The van der Waals surface area contributed by atoms with Crippen LogP contribution in [0.5, 0.6) is 0 Å². The number of hydrogen-bond acceptors (Lipinski definition) is 7. The summed E-state index contributed by atoms with van der Waals surface area (Å²) in [4.78, 5) is 32.4. The fourth-order valence-corrected chi connectivity index (χ4v) is 3.40. The minimum Gasteiger partial charge on any atom is -0.459 e. The van der Waals surface area contributed by atoms with Crippen molar-refractivity contribution in [1.82, 2.24) is 0 Å². The number of carbonyl (C=O) groups is 1. The molecule has 0 unspecified atom stereocenters. The first kappa shape index (κ1) is 23.7. The van der Waals surface area contributed by atoms with E-state index >= 15 is 0 Å². The van der Waals surface area contributed by atoms with Gasteiger partial charge in [-0.05, 0) is 6.42 Å². The number of nitro groups is 2. The maximum absolute atomic E-state index is 12.1. The van der Waals surface area contributed by atoms with Crippen LogP contribution in [0.2, 0.25) is 0 Å². The van der Waals surface area contributed by atoms with Gasteiger partial charge in [-0.1, -0.05) is 64.7 Å². The van der Waals surface area contributed by atoms with Gasteiger partial charge in [0, 0.05) is 12.1 Å². The number of hydrogen-bond donors (Lipinski definition) is 0. The summed E-state index contributed by atoms with van der Waals surface area (Å²) in [6, 6.07) is 2.76. The number of esters is 1. The first-order valence-electron chi connectivity index (χ1n) is 10.7. The van der Waals surface area contributed by atoms with E-state index < -0.39 is 27.2 Å². The van der Waals surface area contributed by atoms with Crippen molar-refractivity contribution in [3.05, 3.63) is 44.0 Å². The largest absolute Gasteiger partial charge is 0.459 e. The summed E-state index contributed by atoms with van der Waals surface area (Å²) >= 11 is 0. The summed E-state index contributed by atoms with van der Waals surface area (Å²) in [6.07, 6.45) is 12.1. The molecule has 9 nitrogen and oxygen atoms in total. The van der Waals surface area contributed by atoms with Crippen LogP contribution in [0, 0.1) is 20.2 Å². The highest BCUT2D eigenvalue weighted by atomic mass is 16.6. The second kappa shape index (κ2) is 12.2. The van der Waals surface area contributed by atoms with Crippen LogP contribution < -0.4 is 0 Å². The molecule has 1 aromatic rings. The molecule has 1 saturated heterocycles. The highest BCUT2D eigenvalue weighted by Gasteiger charge is 2.39. The second-order valence-electron chi connectivity index (χ2n) is 7.68. The SMILES string of the molecule is CCCCCCCCCCC[C@H]1O[C@H]1COC(=O)c1cc([N+](=O)[O-])cc([N+](=O)[O-])c1. The number of rotatable bonds is 15. The lowest BCUT2D eigenvalue weighted by molar-refractivity contribution is -0.394. The third-order valence-corrected chi connectivity index (χ3v) is 5.22. The Bertz CT molecular complexity index is 706. The number of unbranched alkanes of at least 4 members (excludes halogenated alkanes) is 8. The zero-order valence-electron chi connectivity index (χ0n) is 17.4. The number of benzene rings is 1. The zero-order chi connectivity index (χ0) is 21.9. The Morgan fingerprint density at radius 2 is 1.43 bits per heavy atom. The van der Waals surface area contributed by atoms with Gasteiger partial charge in [0.05, 0.1) is 27.6 Å². The maximum Gasteiger partial charge on any atom is 0.338 e. The molecular formula is C21H30N2O7. The Labute approximate surface area is 176 Å². The van der Waals surface area contributed by atoms with Crippen molar-refractivity contribution >= 4 is 17.3 Å². The van der Waals surface area contributed by atoms with E-state index in [1.807, 2.05) is 0 Å². The fraction of sp³-hybridized carbons (Fsp3) is 0.667. The molecule has 30 heavy (non-hydrogen) atoms. The van der Waals surface area contributed by atoms with Crippen molar-refractivity contribution in [3.63, 3.8) is 0 Å². The molecule has 0 radical (unpaired) electrons. The van der Waals surface area contributed by atoms with Gasteiger partial charge in [0.1, 0.15) is 12.7 Å². The van der Waals surface area contributed by atoms with E-state index in [4.69, 9.17) is 9.47 Å². The van der Waals surface area contributed by atoms with Gasteiger partial charge >= 0.3 is 5.97 Å². The molecule has 1 heterocycles. The van der Waals surface area contributed by atoms with Crippen LogP contribution in [-0.4, -0.2) is 34.6 Å². The number of non-ortho nitro benzene ring substituents is 2. The quantitative estimate of drug-likeness (QED) is 0.123. The van der Waals surface area contributed by atoms with Gasteiger partial charge < -0.3 is 9.47 Å². The lowest BCUT2D eigenvalue weighted by Gasteiger charge is -2.03. The Morgan fingerprint density at radius 1 is 0.900 bits per heavy atom. The lowest BCUT2D eigenvalue weighted by atomic mass is 10.1. The Hall–Kier alpha value is -2.55. The summed E-state index contributed by atoms with van der Waals surface area (Å²) in [7, 11) is 0. The van der Waals surface area contributed by atoms with E-state index in [-0.39, 0.29) is 24.4 Å². The average molecular weight is 422 g/mol. The molecule has 0 aromatic heterocycles. The van der Waals surface area contributed by atoms with Gasteiger partial charge in [-0.25, -0.2) is 4.79 Å². The smallest absolute Gasteiger partial charge is 0.338 e. The molecule has 1 fully saturated rings. The van der Waals surface area contributed by atoms with E-state index in [2.05, 4.69) is 6.92 Å². The van der Waals surface area contributed by atoms with Crippen molar-refractivity contribution in [2.24, 2.45) is 0 Å². The first-order valence-corrected chi connectivity index (χ1v) is 10.7. The molecule has 2 rings (SSSR count). The summed E-state index contributed by atoms with van der Waals surface area (Å²) in [5.41, 5.74) is -1.27. The summed E-state index contributed by atoms with van der Waals surface area (Å²) in [6.45, 7) is 2.26. The van der Waals surface area contributed by atoms with Crippen molar-refractivity contribution in [2.75, 3.05) is 6.61 Å². The molecule has 1 aliphatic heterocycles. The highest BCUT2D eigenvalue weighted by molar-refractivity contribution is 5.91. The average Bonchev–Trinajstić information content (AvgIpc) is 3.48. The van der Waals surface area contributed by atoms with Gasteiger partial charge in [-0.3, -0.25) is 20.2 Å². The van der Waals surface area contributed by atoms with E-state index in [1.54, 1.807) is 0 Å². The van der Waals surface area contributed by atoms with Crippen molar-refractivity contribution in [1.29, 1.82) is 0 Å². The van der Waals surface area contributed by atoms with E-state index in [1.165, 1.54) is 44.9 Å². The molecule has 2 atom stereocenters. The molecule has 1 aliphatic rings. The molecule has 0 spiro atoms. The van der Waals surface area contributed by atoms with E-state index in [9.17, 15) is 25.0 Å². The van der Waals surface area contributed by atoms with Gasteiger partial charge in [0.25, 0.3) is 11.4 Å².